The van der Waals surface area contributed by atoms with Crippen LogP contribution in [0.4, 0.5) is 0 Å². The van der Waals surface area contributed by atoms with Gasteiger partial charge in [0.2, 0.25) is 0 Å². The molecule has 28 heavy (non-hydrogen) atoms. The van der Waals surface area contributed by atoms with Gasteiger partial charge in [0, 0.05) is 12.5 Å². The van der Waals surface area contributed by atoms with E-state index in [1.54, 1.807) is 0 Å². The molecule has 4 rings (SSSR count). The third-order valence-electron chi connectivity index (χ3n) is 5.73. The first kappa shape index (κ1) is 18.7. The van der Waals surface area contributed by atoms with E-state index >= 15 is 0 Å². The lowest BCUT2D eigenvalue weighted by molar-refractivity contribution is 0.403. The van der Waals surface area contributed by atoms with Gasteiger partial charge in [-0.25, -0.2) is 4.98 Å². The number of imidazole rings is 1. The first-order valence-corrected chi connectivity index (χ1v) is 10.3. The van der Waals surface area contributed by atoms with Gasteiger partial charge in [0.1, 0.15) is 11.6 Å². The Hall–Kier alpha value is -2.63. The summed E-state index contributed by atoms with van der Waals surface area (Å²) >= 11 is 0. The summed E-state index contributed by atoms with van der Waals surface area (Å²) in [7, 11) is 0. The van der Waals surface area contributed by atoms with Crippen LogP contribution in [0.1, 0.15) is 68.3 Å². The van der Waals surface area contributed by atoms with Crippen LogP contribution in [0.3, 0.4) is 0 Å². The third-order valence-corrected chi connectivity index (χ3v) is 5.73. The first-order chi connectivity index (χ1) is 13.6. The molecule has 0 atom stereocenters. The normalized spacial score (nSPS) is 15.2. The van der Waals surface area contributed by atoms with Crippen molar-refractivity contribution in [1.29, 1.82) is 0 Å². The van der Waals surface area contributed by atoms with Gasteiger partial charge in [-0.3, -0.25) is 9.36 Å². The SMILES string of the molecule is CCCn1c(Oc2ccc(C)c(C)c2)nc(=O)c2[nH]c(C3CCCCC3)nc21. The summed E-state index contributed by atoms with van der Waals surface area (Å²) in [5.74, 6) is 2.00. The van der Waals surface area contributed by atoms with Gasteiger partial charge in [-0.05, 0) is 56.4 Å². The van der Waals surface area contributed by atoms with E-state index in [0.717, 1.165) is 30.7 Å². The smallest absolute Gasteiger partial charge is 0.307 e. The van der Waals surface area contributed by atoms with Crippen LogP contribution in [0, 0.1) is 13.8 Å². The zero-order valence-electron chi connectivity index (χ0n) is 16.9. The average molecular weight is 380 g/mol. The number of aromatic nitrogens is 4. The second-order valence-corrected chi connectivity index (χ2v) is 7.85. The molecular weight excluding hydrogens is 352 g/mol. The Balaban J connectivity index is 1.78. The van der Waals surface area contributed by atoms with Crippen LogP contribution in [0.15, 0.2) is 23.0 Å². The van der Waals surface area contributed by atoms with Crippen LogP contribution in [0.5, 0.6) is 11.8 Å². The van der Waals surface area contributed by atoms with Gasteiger partial charge in [0.05, 0.1) is 0 Å². The van der Waals surface area contributed by atoms with Gasteiger partial charge < -0.3 is 9.72 Å². The van der Waals surface area contributed by atoms with E-state index in [4.69, 9.17) is 9.72 Å². The minimum absolute atomic E-state index is 0.309. The summed E-state index contributed by atoms with van der Waals surface area (Å²) in [4.78, 5) is 25.0. The molecule has 0 amide bonds. The number of nitrogens with one attached hydrogen (secondary N) is 1. The standard InChI is InChI=1S/C22H28N4O2/c1-4-12-26-20-18(23-19(24-20)16-8-6-5-7-9-16)21(27)25-22(26)28-17-11-10-14(2)15(3)13-17/h10-11,13,16H,4-9,12H2,1-3H3,(H,23,24). The predicted octanol–water partition coefficient (Wildman–Crippen LogP) is 4.99. The average Bonchev–Trinajstić information content (AvgIpc) is 3.14. The van der Waals surface area contributed by atoms with Crippen LogP contribution in [-0.4, -0.2) is 19.5 Å². The van der Waals surface area contributed by atoms with Gasteiger partial charge >= 0.3 is 11.6 Å². The topological polar surface area (TPSA) is 72.8 Å². The molecular formula is C22H28N4O2. The van der Waals surface area contributed by atoms with Crippen molar-refractivity contribution in [2.24, 2.45) is 0 Å². The van der Waals surface area contributed by atoms with E-state index in [9.17, 15) is 4.79 Å². The zero-order valence-corrected chi connectivity index (χ0v) is 16.9. The minimum atomic E-state index is -0.309. The van der Waals surface area contributed by atoms with Gasteiger partial charge in [0.25, 0.3) is 0 Å². The van der Waals surface area contributed by atoms with E-state index < -0.39 is 0 Å². The molecule has 3 aromatic rings. The van der Waals surface area contributed by atoms with Crippen molar-refractivity contribution in [3.8, 4) is 11.8 Å². The molecule has 2 heterocycles. The number of H-pyrrole nitrogens is 1. The molecule has 1 saturated carbocycles. The first-order valence-electron chi connectivity index (χ1n) is 10.3. The summed E-state index contributed by atoms with van der Waals surface area (Å²) in [5.41, 5.74) is 3.17. The number of hydrogen-bond acceptors (Lipinski definition) is 4. The van der Waals surface area contributed by atoms with E-state index in [1.807, 2.05) is 29.7 Å². The maximum atomic E-state index is 12.7. The number of ether oxygens (including phenoxy) is 1. The third kappa shape index (κ3) is 3.55. The molecule has 1 fully saturated rings. The molecule has 0 bridgehead atoms. The predicted molar refractivity (Wildman–Crippen MR) is 110 cm³/mol. The van der Waals surface area contributed by atoms with Crippen molar-refractivity contribution in [2.45, 2.75) is 71.8 Å². The Labute approximate surface area is 165 Å². The number of fused-ring (bicyclic) bond motifs is 1. The van der Waals surface area contributed by atoms with Crippen molar-refractivity contribution < 1.29 is 4.74 Å². The molecule has 6 heteroatoms. The lowest BCUT2D eigenvalue weighted by Crippen LogP contribution is -2.16. The molecule has 0 aliphatic heterocycles. The summed E-state index contributed by atoms with van der Waals surface area (Å²) in [5, 5.41) is 0. The van der Waals surface area contributed by atoms with Crippen LogP contribution >= 0.6 is 0 Å². The summed E-state index contributed by atoms with van der Waals surface area (Å²) in [6.07, 6.45) is 6.88. The maximum Gasteiger partial charge on any atom is 0.307 e. The highest BCUT2D eigenvalue weighted by atomic mass is 16.5. The van der Waals surface area contributed by atoms with E-state index in [0.29, 0.717) is 35.4 Å². The lowest BCUT2D eigenvalue weighted by Gasteiger charge is -2.18. The Morgan fingerprint density at radius 2 is 1.93 bits per heavy atom. The second-order valence-electron chi connectivity index (χ2n) is 7.85. The Morgan fingerprint density at radius 3 is 2.64 bits per heavy atom. The molecule has 1 aliphatic carbocycles. The second kappa shape index (κ2) is 7.78. The fraction of sp³-hybridized carbons (Fsp3) is 0.500. The molecule has 1 N–H and O–H groups in total. The number of aromatic amines is 1. The molecule has 2 aromatic heterocycles. The van der Waals surface area contributed by atoms with Gasteiger partial charge in [-0.1, -0.05) is 32.3 Å². The largest absolute Gasteiger partial charge is 0.425 e. The van der Waals surface area contributed by atoms with Crippen molar-refractivity contribution in [3.05, 3.63) is 45.5 Å². The molecule has 6 nitrogen and oxygen atoms in total. The number of aryl methyl sites for hydroxylation is 3. The highest BCUT2D eigenvalue weighted by molar-refractivity contribution is 5.70. The molecule has 0 unspecified atom stereocenters. The fourth-order valence-corrected chi connectivity index (χ4v) is 3.98. The number of rotatable bonds is 5. The van der Waals surface area contributed by atoms with Gasteiger partial charge in [-0.2, -0.15) is 4.98 Å². The van der Waals surface area contributed by atoms with E-state index in [1.165, 1.54) is 24.8 Å². The van der Waals surface area contributed by atoms with Crippen LogP contribution in [-0.2, 0) is 6.54 Å². The molecule has 0 radical (unpaired) electrons. The van der Waals surface area contributed by atoms with E-state index in [-0.39, 0.29) is 5.56 Å². The van der Waals surface area contributed by atoms with E-state index in [2.05, 4.69) is 23.8 Å². The summed E-state index contributed by atoms with van der Waals surface area (Å²) in [6, 6.07) is 6.21. The molecule has 0 spiro atoms. The Morgan fingerprint density at radius 1 is 1.14 bits per heavy atom. The lowest BCUT2D eigenvalue weighted by atomic mass is 9.89. The molecule has 0 saturated heterocycles. The summed E-state index contributed by atoms with van der Waals surface area (Å²) < 4.78 is 7.96. The Kier molecular flexibility index (Phi) is 5.20. The van der Waals surface area contributed by atoms with Gasteiger partial charge in [-0.15, -0.1) is 0 Å². The van der Waals surface area contributed by atoms with Crippen molar-refractivity contribution >= 4 is 11.2 Å². The zero-order chi connectivity index (χ0) is 19.7. The molecule has 1 aromatic carbocycles. The maximum absolute atomic E-state index is 12.7. The van der Waals surface area contributed by atoms with Crippen molar-refractivity contribution in [2.75, 3.05) is 0 Å². The van der Waals surface area contributed by atoms with Crippen LogP contribution in [0.25, 0.3) is 11.2 Å². The van der Waals surface area contributed by atoms with Crippen LogP contribution in [0.2, 0.25) is 0 Å². The van der Waals surface area contributed by atoms with Crippen molar-refractivity contribution in [1.82, 2.24) is 19.5 Å². The highest BCUT2D eigenvalue weighted by Crippen LogP contribution is 2.32. The number of nitrogens with zero attached hydrogens (tertiary/aromatic N) is 3. The molecule has 148 valence electrons. The highest BCUT2D eigenvalue weighted by Gasteiger charge is 2.22. The molecule has 1 aliphatic rings. The van der Waals surface area contributed by atoms with Crippen molar-refractivity contribution in [3.63, 3.8) is 0 Å². The van der Waals surface area contributed by atoms with Crippen LogP contribution < -0.4 is 10.3 Å². The quantitative estimate of drug-likeness (QED) is 0.677. The monoisotopic (exact) mass is 380 g/mol. The fourth-order valence-electron chi connectivity index (χ4n) is 3.98. The van der Waals surface area contributed by atoms with Gasteiger partial charge in [0.15, 0.2) is 11.2 Å². The minimum Gasteiger partial charge on any atom is -0.425 e. The number of benzene rings is 1. The number of hydrogen-bond donors (Lipinski definition) is 1. The summed E-state index contributed by atoms with van der Waals surface area (Å²) in [6.45, 7) is 6.90. The Bertz CT molecular complexity index is 1040.